The van der Waals surface area contributed by atoms with Gasteiger partial charge in [0, 0.05) is 5.41 Å². The lowest BCUT2D eigenvalue weighted by Crippen LogP contribution is -2.59. The van der Waals surface area contributed by atoms with Gasteiger partial charge in [0.2, 0.25) is 0 Å². The van der Waals surface area contributed by atoms with Gasteiger partial charge in [-0.15, -0.1) is 11.6 Å². The van der Waals surface area contributed by atoms with Gasteiger partial charge in [-0.2, -0.15) is 0 Å². The van der Waals surface area contributed by atoms with Crippen molar-refractivity contribution in [1.82, 2.24) is 0 Å². The third-order valence-electron chi connectivity index (χ3n) is 3.28. The van der Waals surface area contributed by atoms with E-state index in [1.807, 2.05) is 32.9 Å². The van der Waals surface area contributed by atoms with Gasteiger partial charge >= 0.3 is 0 Å². The van der Waals surface area contributed by atoms with Crippen LogP contribution in [0, 0.1) is 5.41 Å². The standard InChI is InChI=1S/C10H15ClO2/c1-9(2)6-4-5-7(13-6)10(3,11)8(9)12/h4-8,12H,1-3H3/t6-,7+,8-,10-/m1/s1. The molecule has 2 rings (SSSR count). The van der Waals surface area contributed by atoms with Gasteiger partial charge in [-0.05, 0) is 6.92 Å². The molecule has 1 saturated heterocycles. The van der Waals surface area contributed by atoms with Gasteiger partial charge in [0.05, 0.1) is 23.2 Å². The Morgan fingerprint density at radius 3 is 2.38 bits per heavy atom. The van der Waals surface area contributed by atoms with E-state index in [0.717, 1.165) is 0 Å². The van der Waals surface area contributed by atoms with E-state index in [1.165, 1.54) is 0 Å². The predicted molar refractivity (Wildman–Crippen MR) is 51.8 cm³/mol. The molecule has 2 aliphatic heterocycles. The maximum Gasteiger partial charge on any atom is 0.0979 e. The highest BCUT2D eigenvalue weighted by molar-refractivity contribution is 6.25. The molecule has 1 fully saturated rings. The first-order valence-corrected chi connectivity index (χ1v) is 4.95. The van der Waals surface area contributed by atoms with Gasteiger partial charge in [-0.1, -0.05) is 26.0 Å². The van der Waals surface area contributed by atoms with Gasteiger partial charge in [0.25, 0.3) is 0 Å². The summed E-state index contributed by atoms with van der Waals surface area (Å²) in [7, 11) is 0. The van der Waals surface area contributed by atoms with Gasteiger partial charge in [0.15, 0.2) is 0 Å². The molecule has 0 aromatic carbocycles. The average molecular weight is 203 g/mol. The van der Waals surface area contributed by atoms with Crippen molar-refractivity contribution in [3.05, 3.63) is 12.2 Å². The van der Waals surface area contributed by atoms with Gasteiger partial charge < -0.3 is 9.84 Å². The van der Waals surface area contributed by atoms with Crippen LogP contribution in [-0.4, -0.2) is 28.3 Å². The molecule has 0 saturated carbocycles. The van der Waals surface area contributed by atoms with Crippen molar-refractivity contribution in [2.45, 2.75) is 44.0 Å². The normalized spacial score (nSPS) is 52.5. The molecule has 0 aromatic rings. The molecule has 0 radical (unpaired) electrons. The molecule has 1 N–H and O–H groups in total. The number of alkyl halides is 1. The molecule has 3 heteroatoms. The molecule has 74 valence electrons. The van der Waals surface area contributed by atoms with Crippen LogP contribution >= 0.6 is 11.6 Å². The summed E-state index contributed by atoms with van der Waals surface area (Å²) in [5, 5.41) is 10.1. The fourth-order valence-electron chi connectivity index (χ4n) is 2.23. The van der Waals surface area contributed by atoms with E-state index < -0.39 is 11.0 Å². The molecule has 13 heavy (non-hydrogen) atoms. The zero-order valence-electron chi connectivity index (χ0n) is 8.12. The zero-order valence-corrected chi connectivity index (χ0v) is 8.88. The highest BCUT2D eigenvalue weighted by atomic mass is 35.5. The lowest BCUT2D eigenvalue weighted by atomic mass is 9.73. The van der Waals surface area contributed by atoms with Crippen LogP contribution in [0.3, 0.4) is 0 Å². The van der Waals surface area contributed by atoms with Crippen molar-refractivity contribution in [3.63, 3.8) is 0 Å². The number of halogens is 1. The molecule has 2 bridgehead atoms. The molecule has 0 unspecified atom stereocenters. The summed E-state index contributed by atoms with van der Waals surface area (Å²) in [6.07, 6.45) is 3.26. The van der Waals surface area contributed by atoms with E-state index in [0.29, 0.717) is 0 Å². The number of aliphatic hydroxyl groups is 1. The van der Waals surface area contributed by atoms with E-state index >= 15 is 0 Å². The first-order chi connectivity index (χ1) is 5.87. The summed E-state index contributed by atoms with van der Waals surface area (Å²) in [4.78, 5) is -0.701. The number of fused-ring (bicyclic) bond motifs is 2. The summed E-state index contributed by atoms with van der Waals surface area (Å²) in [5.41, 5.74) is -0.306. The molecule has 2 aliphatic rings. The fourth-order valence-corrected chi connectivity index (χ4v) is 2.64. The summed E-state index contributed by atoms with van der Waals surface area (Å²) in [6, 6.07) is 0. The fraction of sp³-hybridized carbons (Fsp3) is 0.800. The van der Waals surface area contributed by atoms with Crippen molar-refractivity contribution >= 4 is 11.6 Å². The van der Waals surface area contributed by atoms with E-state index in [9.17, 15) is 5.11 Å². The third-order valence-corrected chi connectivity index (χ3v) is 3.70. The molecular formula is C10H15ClO2. The Balaban J connectivity index is 2.41. The van der Waals surface area contributed by atoms with Crippen LogP contribution in [0.1, 0.15) is 20.8 Å². The van der Waals surface area contributed by atoms with E-state index in [-0.39, 0.29) is 17.6 Å². The minimum Gasteiger partial charge on any atom is -0.391 e. The summed E-state index contributed by atoms with van der Waals surface area (Å²) < 4.78 is 5.70. The molecule has 0 spiro atoms. The van der Waals surface area contributed by atoms with Gasteiger partial charge in [-0.25, -0.2) is 0 Å². The molecule has 2 heterocycles. The lowest BCUT2D eigenvalue weighted by Gasteiger charge is -2.48. The summed E-state index contributed by atoms with van der Waals surface area (Å²) in [6.45, 7) is 5.79. The maximum absolute atomic E-state index is 10.1. The van der Waals surface area contributed by atoms with Crippen LogP contribution < -0.4 is 0 Å². The smallest absolute Gasteiger partial charge is 0.0979 e. The Morgan fingerprint density at radius 2 is 1.77 bits per heavy atom. The van der Waals surface area contributed by atoms with Crippen LogP contribution in [0.15, 0.2) is 12.2 Å². The second-order valence-corrected chi connectivity index (χ2v) is 5.55. The highest BCUT2D eigenvalue weighted by Gasteiger charge is 2.56. The number of rotatable bonds is 0. The lowest BCUT2D eigenvalue weighted by molar-refractivity contribution is -0.149. The third kappa shape index (κ3) is 1.09. The van der Waals surface area contributed by atoms with Crippen LogP contribution in [0.25, 0.3) is 0 Å². The molecule has 4 atom stereocenters. The van der Waals surface area contributed by atoms with E-state index in [1.54, 1.807) is 0 Å². The van der Waals surface area contributed by atoms with Crippen LogP contribution in [0.2, 0.25) is 0 Å². The Labute approximate surface area is 83.5 Å². The average Bonchev–Trinajstić information content (AvgIpc) is 2.48. The second-order valence-electron chi connectivity index (χ2n) is 4.74. The topological polar surface area (TPSA) is 29.5 Å². The Bertz CT molecular complexity index is 234. The van der Waals surface area contributed by atoms with Gasteiger partial charge in [-0.3, -0.25) is 0 Å². The quantitative estimate of drug-likeness (QED) is 0.479. The largest absolute Gasteiger partial charge is 0.391 e. The van der Waals surface area contributed by atoms with Crippen molar-refractivity contribution in [3.8, 4) is 0 Å². The molecule has 0 aliphatic carbocycles. The molecule has 2 nitrogen and oxygen atoms in total. The minimum atomic E-state index is -0.701. The second kappa shape index (κ2) is 2.50. The first kappa shape index (κ1) is 9.50. The van der Waals surface area contributed by atoms with E-state index in [2.05, 4.69) is 0 Å². The van der Waals surface area contributed by atoms with Crippen LogP contribution in [0.5, 0.6) is 0 Å². The predicted octanol–water partition coefficient (Wildman–Crippen LogP) is 1.71. The van der Waals surface area contributed by atoms with Crippen molar-refractivity contribution < 1.29 is 9.84 Å². The zero-order chi connectivity index (χ0) is 9.85. The summed E-state index contributed by atoms with van der Waals surface area (Å²) in [5.74, 6) is 0. The SMILES string of the molecule is CC1(C)[C@@H](O)[C@](C)(Cl)[C@@H]2C=C[C@H]1O2. The molecular weight excluding hydrogens is 188 g/mol. The van der Waals surface area contributed by atoms with Crippen molar-refractivity contribution in [2.24, 2.45) is 5.41 Å². The first-order valence-electron chi connectivity index (χ1n) is 4.57. The number of aliphatic hydroxyl groups excluding tert-OH is 1. The van der Waals surface area contributed by atoms with Crippen LogP contribution in [0.4, 0.5) is 0 Å². The van der Waals surface area contributed by atoms with Gasteiger partial charge in [0.1, 0.15) is 0 Å². The Morgan fingerprint density at radius 1 is 1.23 bits per heavy atom. The van der Waals surface area contributed by atoms with Crippen LogP contribution in [-0.2, 0) is 4.74 Å². The number of hydrogen-bond donors (Lipinski definition) is 1. The monoisotopic (exact) mass is 202 g/mol. The number of hydrogen-bond acceptors (Lipinski definition) is 2. The van der Waals surface area contributed by atoms with Crippen molar-refractivity contribution in [1.29, 1.82) is 0 Å². The van der Waals surface area contributed by atoms with E-state index in [4.69, 9.17) is 16.3 Å². The van der Waals surface area contributed by atoms with Crippen molar-refractivity contribution in [2.75, 3.05) is 0 Å². The molecule has 0 aromatic heterocycles. The Kier molecular flexibility index (Phi) is 1.83. The minimum absolute atomic E-state index is 0.000625. The Hall–Kier alpha value is -0.0500. The highest BCUT2D eigenvalue weighted by Crippen LogP contribution is 2.48. The summed E-state index contributed by atoms with van der Waals surface area (Å²) >= 11 is 6.27. The molecule has 0 amide bonds. The maximum atomic E-state index is 10.1. The number of ether oxygens (including phenoxy) is 1.